The van der Waals surface area contributed by atoms with Crippen LogP contribution in [0, 0.1) is 0 Å². The van der Waals surface area contributed by atoms with E-state index in [4.69, 9.17) is 4.74 Å². The number of ether oxygens (including phenoxy) is 1. The standard InChI is InChI=1S/C25H26N4O2S/c1-31-21-5-3-2-4-18(21)15-29-16-28-24-23(25(29)30)20-7-6-19(14-22(20)32-24)27-13-10-17-8-11-26-12-9-17/h2-5,8-9,11-12,16,19,27H,6-7,10,13-15H2,1H3. The maximum absolute atomic E-state index is 13.3. The van der Waals surface area contributed by atoms with E-state index in [1.54, 1.807) is 29.3 Å². The second kappa shape index (κ2) is 9.22. The summed E-state index contributed by atoms with van der Waals surface area (Å²) in [7, 11) is 1.65. The normalized spacial score (nSPS) is 15.6. The van der Waals surface area contributed by atoms with Crippen LogP contribution in [0.4, 0.5) is 0 Å². The fourth-order valence-corrected chi connectivity index (χ4v) is 5.73. The number of fused-ring (bicyclic) bond motifs is 3. The second-order valence-electron chi connectivity index (χ2n) is 8.17. The van der Waals surface area contributed by atoms with Crippen LogP contribution in [0.2, 0.25) is 0 Å². The molecule has 0 aliphatic heterocycles. The predicted octanol–water partition coefficient (Wildman–Crippen LogP) is 3.60. The van der Waals surface area contributed by atoms with Crippen molar-refractivity contribution < 1.29 is 4.74 Å². The minimum absolute atomic E-state index is 0.0440. The van der Waals surface area contributed by atoms with Crippen LogP contribution in [0.15, 0.2) is 59.9 Å². The quantitative estimate of drug-likeness (QED) is 0.470. The smallest absolute Gasteiger partial charge is 0.262 e. The summed E-state index contributed by atoms with van der Waals surface area (Å²) in [5.74, 6) is 0.785. The van der Waals surface area contributed by atoms with Gasteiger partial charge in [-0.15, -0.1) is 11.3 Å². The SMILES string of the molecule is COc1ccccc1Cn1cnc2sc3c(c2c1=O)CCC(NCCc1ccncc1)C3. The molecule has 0 fully saturated rings. The number of hydrogen-bond donors (Lipinski definition) is 1. The molecule has 0 amide bonds. The largest absolute Gasteiger partial charge is 0.496 e. The van der Waals surface area contributed by atoms with Crippen LogP contribution in [0.3, 0.4) is 0 Å². The molecule has 0 radical (unpaired) electrons. The Hall–Kier alpha value is -3.03. The molecule has 3 heterocycles. The summed E-state index contributed by atoms with van der Waals surface area (Å²) in [5.41, 5.74) is 3.51. The van der Waals surface area contributed by atoms with E-state index in [0.717, 1.165) is 53.8 Å². The Labute approximate surface area is 190 Å². The highest BCUT2D eigenvalue weighted by atomic mass is 32.1. The van der Waals surface area contributed by atoms with E-state index in [0.29, 0.717) is 12.6 Å². The lowest BCUT2D eigenvalue weighted by Crippen LogP contribution is -2.35. The number of pyridine rings is 1. The number of hydrogen-bond acceptors (Lipinski definition) is 6. The van der Waals surface area contributed by atoms with E-state index in [9.17, 15) is 4.79 Å². The van der Waals surface area contributed by atoms with E-state index in [2.05, 4.69) is 27.4 Å². The monoisotopic (exact) mass is 446 g/mol. The first kappa shape index (κ1) is 20.8. The van der Waals surface area contributed by atoms with Crippen molar-refractivity contribution >= 4 is 21.6 Å². The Balaban J connectivity index is 1.33. The molecule has 164 valence electrons. The molecular formula is C25H26N4O2S. The van der Waals surface area contributed by atoms with Crippen molar-refractivity contribution in [3.05, 3.63) is 87.0 Å². The fourth-order valence-electron chi connectivity index (χ4n) is 4.48. The van der Waals surface area contributed by atoms with Gasteiger partial charge in [-0.05, 0) is 61.6 Å². The highest BCUT2D eigenvalue weighted by molar-refractivity contribution is 7.18. The Kier molecular flexibility index (Phi) is 6.01. The summed E-state index contributed by atoms with van der Waals surface area (Å²) >= 11 is 1.67. The van der Waals surface area contributed by atoms with Gasteiger partial charge < -0.3 is 10.1 Å². The molecule has 0 saturated carbocycles. The van der Waals surface area contributed by atoms with Crippen molar-refractivity contribution in [3.8, 4) is 5.75 Å². The third-order valence-electron chi connectivity index (χ3n) is 6.17. The van der Waals surface area contributed by atoms with Gasteiger partial charge in [0.2, 0.25) is 0 Å². The van der Waals surface area contributed by atoms with E-state index in [1.165, 1.54) is 16.0 Å². The van der Waals surface area contributed by atoms with Crippen LogP contribution in [0.5, 0.6) is 5.75 Å². The van der Waals surface area contributed by atoms with Crippen molar-refractivity contribution in [2.75, 3.05) is 13.7 Å². The number of rotatable bonds is 7. The fraction of sp³-hybridized carbons (Fsp3) is 0.320. The maximum Gasteiger partial charge on any atom is 0.262 e. The maximum atomic E-state index is 13.3. The zero-order valence-corrected chi connectivity index (χ0v) is 18.9. The minimum atomic E-state index is 0.0440. The molecular weight excluding hydrogens is 420 g/mol. The van der Waals surface area contributed by atoms with Crippen LogP contribution in [0.25, 0.3) is 10.2 Å². The number of aromatic nitrogens is 3. The van der Waals surface area contributed by atoms with Crippen LogP contribution in [0.1, 0.15) is 28.0 Å². The number of aryl methyl sites for hydroxylation is 1. The lowest BCUT2D eigenvalue weighted by molar-refractivity contribution is 0.408. The molecule has 3 aromatic heterocycles. The molecule has 1 unspecified atom stereocenters. The second-order valence-corrected chi connectivity index (χ2v) is 9.26. The van der Waals surface area contributed by atoms with Gasteiger partial charge in [-0.3, -0.25) is 14.3 Å². The number of nitrogens with one attached hydrogen (secondary N) is 1. The summed E-state index contributed by atoms with van der Waals surface area (Å²) in [4.78, 5) is 24.2. The van der Waals surface area contributed by atoms with Gasteiger partial charge in [-0.2, -0.15) is 0 Å². The molecule has 6 nitrogen and oxygen atoms in total. The summed E-state index contributed by atoms with van der Waals surface area (Å²) in [6, 6.07) is 12.4. The highest BCUT2D eigenvalue weighted by Gasteiger charge is 2.25. The summed E-state index contributed by atoms with van der Waals surface area (Å²) in [6.45, 7) is 1.40. The zero-order chi connectivity index (χ0) is 21.9. The Morgan fingerprint density at radius 3 is 2.91 bits per heavy atom. The van der Waals surface area contributed by atoms with Gasteiger partial charge in [0.25, 0.3) is 5.56 Å². The Morgan fingerprint density at radius 2 is 2.06 bits per heavy atom. The third-order valence-corrected chi connectivity index (χ3v) is 7.33. The molecule has 1 atom stereocenters. The average Bonchev–Trinajstić information content (AvgIpc) is 3.20. The van der Waals surface area contributed by atoms with Crippen LogP contribution >= 0.6 is 11.3 Å². The molecule has 1 N–H and O–H groups in total. The van der Waals surface area contributed by atoms with Gasteiger partial charge in [0, 0.05) is 28.9 Å². The van der Waals surface area contributed by atoms with Crippen molar-refractivity contribution in [1.82, 2.24) is 19.9 Å². The molecule has 1 aliphatic rings. The molecule has 7 heteroatoms. The minimum Gasteiger partial charge on any atom is -0.496 e. The Bertz CT molecular complexity index is 1280. The number of thiophene rings is 1. The predicted molar refractivity (Wildman–Crippen MR) is 128 cm³/mol. The van der Waals surface area contributed by atoms with E-state index in [1.807, 2.05) is 36.7 Å². The topological polar surface area (TPSA) is 69.0 Å². The van der Waals surface area contributed by atoms with Crippen LogP contribution in [-0.4, -0.2) is 34.2 Å². The van der Waals surface area contributed by atoms with E-state index < -0.39 is 0 Å². The van der Waals surface area contributed by atoms with Gasteiger partial charge in [0.1, 0.15) is 10.6 Å². The third kappa shape index (κ3) is 4.18. The van der Waals surface area contributed by atoms with Crippen molar-refractivity contribution in [2.45, 2.75) is 38.3 Å². The van der Waals surface area contributed by atoms with Gasteiger partial charge in [-0.1, -0.05) is 18.2 Å². The lowest BCUT2D eigenvalue weighted by atomic mass is 9.93. The average molecular weight is 447 g/mol. The molecule has 0 spiro atoms. The highest BCUT2D eigenvalue weighted by Crippen LogP contribution is 2.33. The molecule has 0 bridgehead atoms. The molecule has 1 aromatic carbocycles. The molecule has 4 aromatic rings. The lowest BCUT2D eigenvalue weighted by Gasteiger charge is -2.23. The summed E-state index contributed by atoms with van der Waals surface area (Å²) in [5, 5.41) is 4.50. The number of para-hydroxylation sites is 1. The van der Waals surface area contributed by atoms with E-state index in [-0.39, 0.29) is 5.56 Å². The van der Waals surface area contributed by atoms with Crippen LogP contribution in [-0.2, 0) is 25.8 Å². The van der Waals surface area contributed by atoms with Gasteiger partial charge in [0.15, 0.2) is 0 Å². The van der Waals surface area contributed by atoms with Gasteiger partial charge >= 0.3 is 0 Å². The number of methoxy groups -OCH3 is 1. The van der Waals surface area contributed by atoms with E-state index >= 15 is 0 Å². The van der Waals surface area contributed by atoms with Crippen molar-refractivity contribution in [2.24, 2.45) is 0 Å². The Morgan fingerprint density at radius 1 is 1.22 bits per heavy atom. The first-order valence-electron chi connectivity index (χ1n) is 11.0. The number of nitrogens with zero attached hydrogens (tertiary/aromatic N) is 3. The first-order valence-corrected chi connectivity index (χ1v) is 11.8. The molecule has 0 saturated heterocycles. The zero-order valence-electron chi connectivity index (χ0n) is 18.1. The molecule has 1 aliphatic carbocycles. The summed E-state index contributed by atoms with van der Waals surface area (Å²) in [6.07, 6.45) is 9.25. The number of benzene rings is 1. The van der Waals surface area contributed by atoms with Crippen molar-refractivity contribution in [1.29, 1.82) is 0 Å². The summed E-state index contributed by atoms with van der Waals surface area (Å²) < 4.78 is 7.15. The van der Waals surface area contributed by atoms with Crippen LogP contribution < -0.4 is 15.6 Å². The van der Waals surface area contributed by atoms with Crippen molar-refractivity contribution in [3.63, 3.8) is 0 Å². The van der Waals surface area contributed by atoms with Gasteiger partial charge in [0.05, 0.1) is 25.4 Å². The van der Waals surface area contributed by atoms with Gasteiger partial charge in [-0.25, -0.2) is 4.98 Å². The molecule has 5 rings (SSSR count). The first-order chi connectivity index (χ1) is 15.7. The molecule has 32 heavy (non-hydrogen) atoms.